The highest BCUT2D eigenvalue weighted by Crippen LogP contribution is 2.31. The van der Waals surface area contributed by atoms with E-state index in [0.717, 1.165) is 11.1 Å². The maximum Gasteiger partial charge on any atom is 0.146 e. The fourth-order valence-electron chi connectivity index (χ4n) is 1.73. The first kappa shape index (κ1) is 14.9. The van der Waals surface area contributed by atoms with Crippen molar-refractivity contribution in [1.29, 1.82) is 0 Å². The largest absolute Gasteiger partial charge is 0.456 e. The van der Waals surface area contributed by atoms with Crippen LogP contribution >= 0.6 is 23.2 Å². The maximum absolute atomic E-state index is 8.87. The number of halogens is 2. The van der Waals surface area contributed by atoms with Gasteiger partial charge in [-0.1, -0.05) is 41.4 Å². The predicted molar refractivity (Wildman–Crippen MR) is 83.7 cm³/mol. The first-order valence-corrected chi connectivity index (χ1v) is 6.86. The molecule has 2 rings (SSSR count). The second kappa shape index (κ2) is 6.80. The van der Waals surface area contributed by atoms with Crippen LogP contribution in [0, 0.1) is 0 Å². The molecule has 20 heavy (non-hydrogen) atoms. The Morgan fingerprint density at radius 2 is 1.85 bits per heavy atom. The van der Waals surface area contributed by atoms with E-state index in [1.165, 1.54) is 0 Å². The van der Waals surface area contributed by atoms with E-state index in [1.807, 2.05) is 31.2 Å². The van der Waals surface area contributed by atoms with E-state index in [0.29, 0.717) is 21.5 Å². The second-order valence-electron chi connectivity index (χ2n) is 4.27. The van der Waals surface area contributed by atoms with E-state index in [9.17, 15) is 0 Å². The summed E-state index contributed by atoms with van der Waals surface area (Å²) in [6, 6.07) is 12.7. The van der Waals surface area contributed by atoms with E-state index < -0.39 is 0 Å². The van der Waals surface area contributed by atoms with Crippen LogP contribution in [0.1, 0.15) is 12.5 Å². The summed E-state index contributed by atoms with van der Waals surface area (Å²) >= 11 is 11.9. The number of aliphatic hydroxyl groups is 1. The molecule has 4 heteroatoms. The molecule has 104 valence electrons. The summed E-state index contributed by atoms with van der Waals surface area (Å²) in [7, 11) is 0. The molecule has 0 radical (unpaired) electrons. The summed E-state index contributed by atoms with van der Waals surface area (Å²) in [5.74, 6) is 1.25. The molecule has 0 heterocycles. The minimum absolute atomic E-state index is 0.0322. The second-order valence-corrected chi connectivity index (χ2v) is 5.11. The average Bonchev–Trinajstić information content (AvgIpc) is 2.43. The Balaban J connectivity index is 2.17. The lowest BCUT2D eigenvalue weighted by Crippen LogP contribution is -1.87. The molecule has 0 amide bonds. The molecule has 0 saturated carbocycles. The molecule has 0 saturated heterocycles. The van der Waals surface area contributed by atoms with Gasteiger partial charge in [0.15, 0.2) is 0 Å². The lowest BCUT2D eigenvalue weighted by molar-refractivity contribution is 0.343. The number of hydrogen-bond donors (Lipinski definition) is 1. The summed E-state index contributed by atoms with van der Waals surface area (Å²) in [4.78, 5) is 0. The zero-order valence-corrected chi connectivity index (χ0v) is 12.4. The lowest BCUT2D eigenvalue weighted by atomic mass is 10.1. The molecule has 0 spiro atoms. The van der Waals surface area contributed by atoms with Crippen LogP contribution in [0.2, 0.25) is 10.0 Å². The standard InChI is InChI=1S/C16H14Cl2O2/c1-11(8-9-19)12-2-5-14(6-3-12)20-16-7-4-13(17)10-15(16)18/h2-8,10,19H,9H2,1H3. The van der Waals surface area contributed by atoms with Gasteiger partial charge < -0.3 is 9.84 Å². The van der Waals surface area contributed by atoms with Crippen molar-refractivity contribution in [3.8, 4) is 11.5 Å². The molecule has 2 nitrogen and oxygen atoms in total. The zero-order chi connectivity index (χ0) is 14.5. The van der Waals surface area contributed by atoms with Gasteiger partial charge in [-0.15, -0.1) is 0 Å². The van der Waals surface area contributed by atoms with Crippen LogP contribution in [0.4, 0.5) is 0 Å². The molecule has 0 fully saturated rings. The van der Waals surface area contributed by atoms with Gasteiger partial charge in [-0.05, 0) is 48.4 Å². The Labute approximate surface area is 128 Å². The molecule has 0 aliphatic carbocycles. The Morgan fingerprint density at radius 3 is 2.45 bits per heavy atom. The van der Waals surface area contributed by atoms with Gasteiger partial charge in [0.05, 0.1) is 11.6 Å². The molecular formula is C16H14Cl2O2. The number of allylic oxidation sites excluding steroid dienone is 1. The molecule has 2 aromatic carbocycles. The SMILES string of the molecule is CC(=CCO)c1ccc(Oc2ccc(Cl)cc2Cl)cc1. The number of benzene rings is 2. The summed E-state index contributed by atoms with van der Waals surface area (Å²) in [6.45, 7) is 1.98. The molecule has 0 aliphatic heterocycles. The molecule has 2 aromatic rings. The molecule has 0 atom stereocenters. The third-order valence-electron chi connectivity index (χ3n) is 2.83. The van der Waals surface area contributed by atoms with E-state index in [1.54, 1.807) is 24.3 Å². The van der Waals surface area contributed by atoms with Gasteiger partial charge in [-0.2, -0.15) is 0 Å². The lowest BCUT2D eigenvalue weighted by Gasteiger charge is -2.09. The van der Waals surface area contributed by atoms with Crippen LogP contribution in [-0.4, -0.2) is 11.7 Å². The van der Waals surface area contributed by atoms with Crippen molar-refractivity contribution in [2.24, 2.45) is 0 Å². The minimum Gasteiger partial charge on any atom is -0.456 e. The molecule has 0 aliphatic rings. The Kier molecular flexibility index (Phi) is 5.07. The third-order valence-corrected chi connectivity index (χ3v) is 3.36. The summed E-state index contributed by atoms with van der Waals surface area (Å²) < 4.78 is 5.70. The van der Waals surface area contributed by atoms with Gasteiger partial charge in [0.2, 0.25) is 0 Å². The smallest absolute Gasteiger partial charge is 0.146 e. The fraction of sp³-hybridized carbons (Fsp3) is 0.125. The van der Waals surface area contributed by atoms with Gasteiger partial charge >= 0.3 is 0 Å². The molecule has 1 N–H and O–H groups in total. The summed E-state index contributed by atoms with van der Waals surface area (Å²) in [5, 5.41) is 9.92. The van der Waals surface area contributed by atoms with E-state index in [4.69, 9.17) is 33.0 Å². The van der Waals surface area contributed by atoms with Crippen molar-refractivity contribution in [2.45, 2.75) is 6.92 Å². The van der Waals surface area contributed by atoms with Crippen LogP contribution in [0.25, 0.3) is 5.57 Å². The zero-order valence-electron chi connectivity index (χ0n) is 10.9. The van der Waals surface area contributed by atoms with Crippen molar-refractivity contribution in [1.82, 2.24) is 0 Å². The van der Waals surface area contributed by atoms with E-state index >= 15 is 0 Å². The van der Waals surface area contributed by atoms with Crippen LogP contribution in [0.15, 0.2) is 48.5 Å². The van der Waals surface area contributed by atoms with Crippen molar-refractivity contribution in [2.75, 3.05) is 6.61 Å². The first-order chi connectivity index (χ1) is 9.60. The number of aliphatic hydroxyl groups excluding tert-OH is 1. The molecule has 0 unspecified atom stereocenters. The molecule has 0 aromatic heterocycles. The Bertz CT molecular complexity index is 619. The normalized spacial score (nSPS) is 11.5. The van der Waals surface area contributed by atoms with Crippen molar-refractivity contribution < 1.29 is 9.84 Å². The fourth-order valence-corrected chi connectivity index (χ4v) is 2.17. The van der Waals surface area contributed by atoms with Crippen LogP contribution < -0.4 is 4.74 Å². The molecule has 0 bridgehead atoms. The van der Waals surface area contributed by atoms with Crippen LogP contribution in [-0.2, 0) is 0 Å². The maximum atomic E-state index is 8.87. The Hall–Kier alpha value is -1.48. The van der Waals surface area contributed by atoms with Crippen molar-refractivity contribution >= 4 is 28.8 Å². The quantitative estimate of drug-likeness (QED) is 0.843. The first-order valence-electron chi connectivity index (χ1n) is 6.11. The number of rotatable bonds is 4. The summed E-state index contributed by atoms with van der Waals surface area (Å²) in [6.07, 6.45) is 1.76. The van der Waals surface area contributed by atoms with Crippen LogP contribution in [0.5, 0.6) is 11.5 Å². The van der Waals surface area contributed by atoms with E-state index in [2.05, 4.69) is 0 Å². The van der Waals surface area contributed by atoms with Crippen LogP contribution in [0.3, 0.4) is 0 Å². The average molecular weight is 309 g/mol. The predicted octanol–water partition coefficient (Wildman–Crippen LogP) is 5.18. The van der Waals surface area contributed by atoms with Crippen molar-refractivity contribution in [3.63, 3.8) is 0 Å². The monoisotopic (exact) mass is 308 g/mol. The highest BCUT2D eigenvalue weighted by molar-refractivity contribution is 6.35. The molecular weight excluding hydrogens is 295 g/mol. The highest BCUT2D eigenvalue weighted by atomic mass is 35.5. The van der Waals surface area contributed by atoms with Gasteiger partial charge in [0.25, 0.3) is 0 Å². The third kappa shape index (κ3) is 3.76. The van der Waals surface area contributed by atoms with Gasteiger partial charge in [-0.3, -0.25) is 0 Å². The Morgan fingerprint density at radius 1 is 1.15 bits per heavy atom. The van der Waals surface area contributed by atoms with Gasteiger partial charge in [-0.25, -0.2) is 0 Å². The minimum atomic E-state index is 0.0322. The summed E-state index contributed by atoms with van der Waals surface area (Å²) in [5.41, 5.74) is 2.05. The highest BCUT2D eigenvalue weighted by Gasteiger charge is 2.04. The number of ether oxygens (including phenoxy) is 1. The van der Waals surface area contributed by atoms with Crippen molar-refractivity contribution in [3.05, 3.63) is 64.1 Å². The van der Waals surface area contributed by atoms with Gasteiger partial charge in [0.1, 0.15) is 11.5 Å². The topological polar surface area (TPSA) is 29.5 Å². The van der Waals surface area contributed by atoms with E-state index in [-0.39, 0.29) is 6.61 Å². The number of hydrogen-bond acceptors (Lipinski definition) is 2. The van der Waals surface area contributed by atoms with Gasteiger partial charge in [0, 0.05) is 5.02 Å².